The van der Waals surface area contributed by atoms with Crippen LogP contribution in [0.5, 0.6) is 0 Å². The molecular formula is C13H13ClN4O3. The van der Waals surface area contributed by atoms with Crippen LogP contribution in [0.25, 0.3) is 0 Å². The van der Waals surface area contributed by atoms with Crippen molar-refractivity contribution < 1.29 is 9.72 Å². The lowest BCUT2D eigenvalue weighted by atomic mass is 10.1. The van der Waals surface area contributed by atoms with Gasteiger partial charge in [0, 0.05) is 23.7 Å². The van der Waals surface area contributed by atoms with Crippen LogP contribution in [0.1, 0.15) is 21.6 Å². The second-order valence-corrected chi connectivity index (χ2v) is 4.99. The molecule has 1 heterocycles. The molecule has 0 radical (unpaired) electrons. The highest BCUT2D eigenvalue weighted by Gasteiger charge is 2.22. The van der Waals surface area contributed by atoms with E-state index in [0.29, 0.717) is 5.82 Å². The first kappa shape index (κ1) is 15.0. The number of nitro benzene ring substituents is 1. The second-order valence-electron chi connectivity index (χ2n) is 4.56. The number of carbonyl (C=O) groups is 1. The standard InChI is InChI=1S/C13H13ClN4O3/c1-7-8(2)16-17(3)12(7)15-13(19)10-5-4-9(14)6-11(10)18(20)21/h4-6H,1-3H3,(H,15,19). The molecule has 0 unspecified atom stereocenters. The van der Waals surface area contributed by atoms with Gasteiger partial charge in [0.05, 0.1) is 10.6 Å². The van der Waals surface area contributed by atoms with Crippen LogP contribution in [0.4, 0.5) is 11.5 Å². The van der Waals surface area contributed by atoms with Gasteiger partial charge < -0.3 is 5.32 Å². The number of nitro groups is 1. The topological polar surface area (TPSA) is 90.1 Å². The van der Waals surface area contributed by atoms with Crippen molar-refractivity contribution in [1.29, 1.82) is 0 Å². The predicted octanol–water partition coefficient (Wildman–Crippen LogP) is 2.85. The van der Waals surface area contributed by atoms with Crippen molar-refractivity contribution in [1.82, 2.24) is 9.78 Å². The van der Waals surface area contributed by atoms with Gasteiger partial charge in [-0.2, -0.15) is 5.10 Å². The van der Waals surface area contributed by atoms with Crippen molar-refractivity contribution in [2.75, 3.05) is 5.32 Å². The molecule has 0 atom stereocenters. The molecular weight excluding hydrogens is 296 g/mol. The molecule has 0 saturated carbocycles. The number of rotatable bonds is 3. The largest absolute Gasteiger partial charge is 0.306 e. The molecule has 0 aliphatic heterocycles. The van der Waals surface area contributed by atoms with E-state index in [-0.39, 0.29) is 16.3 Å². The summed E-state index contributed by atoms with van der Waals surface area (Å²) in [7, 11) is 1.69. The summed E-state index contributed by atoms with van der Waals surface area (Å²) in [6.07, 6.45) is 0. The lowest BCUT2D eigenvalue weighted by Crippen LogP contribution is -2.16. The van der Waals surface area contributed by atoms with Gasteiger partial charge in [-0.15, -0.1) is 0 Å². The summed E-state index contributed by atoms with van der Waals surface area (Å²) in [5, 5.41) is 18.0. The average molecular weight is 309 g/mol. The van der Waals surface area contributed by atoms with Crippen molar-refractivity contribution >= 4 is 29.0 Å². The van der Waals surface area contributed by atoms with Gasteiger partial charge >= 0.3 is 0 Å². The molecule has 0 bridgehead atoms. The van der Waals surface area contributed by atoms with E-state index in [2.05, 4.69) is 10.4 Å². The molecule has 8 heteroatoms. The maximum Gasteiger partial charge on any atom is 0.283 e. The Morgan fingerprint density at radius 2 is 2.10 bits per heavy atom. The Hall–Kier alpha value is -2.41. The fourth-order valence-electron chi connectivity index (χ4n) is 1.96. The number of nitrogens with one attached hydrogen (secondary N) is 1. The Morgan fingerprint density at radius 3 is 2.62 bits per heavy atom. The van der Waals surface area contributed by atoms with Gasteiger partial charge in [0.2, 0.25) is 0 Å². The number of nitrogens with zero attached hydrogens (tertiary/aromatic N) is 3. The van der Waals surface area contributed by atoms with E-state index in [1.54, 1.807) is 7.05 Å². The van der Waals surface area contributed by atoms with Crippen LogP contribution in [-0.4, -0.2) is 20.6 Å². The van der Waals surface area contributed by atoms with Gasteiger partial charge in [0.1, 0.15) is 11.4 Å². The minimum absolute atomic E-state index is 0.0531. The van der Waals surface area contributed by atoms with Crippen LogP contribution in [-0.2, 0) is 7.05 Å². The van der Waals surface area contributed by atoms with E-state index in [9.17, 15) is 14.9 Å². The van der Waals surface area contributed by atoms with Crippen molar-refractivity contribution in [2.45, 2.75) is 13.8 Å². The third-order valence-corrected chi connectivity index (χ3v) is 3.39. The first-order valence-corrected chi connectivity index (χ1v) is 6.44. The van der Waals surface area contributed by atoms with Crippen LogP contribution < -0.4 is 5.32 Å². The van der Waals surface area contributed by atoms with Crippen molar-refractivity contribution in [3.8, 4) is 0 Å². The van der Waals surface area contributed by atoms with Gasteiger partial charge in [0.15, 0.2) is 0 Å². The second kappa shape index (κ2) is 5.53. The molecule has 0 aliphatic rings. The van der Waals surface area contributed by atoms with Gasteiger partial charge in [0.25, 0.3) is 11.6 Å². The minimum Gasteiger partial charge on any atom is -0.306 e. The highest BCUT2D eigenvalue weighted by molar-refractivity contribution is 6.31. The molecule has 0 aliphatic carbocycles. The Kier molecular flexibility index (Phi) is 3.95. The lowest BCUT2D eigenvalue weighted by Gasteiger charge is -2.07. The molecule has 1 N–H and O–H groups in total. The van der Waals surface area contributed by atoms with Gasteiger partial charge in [-0.3, -0.25) is 19.6 Å². The Bertz CT molecular complexity index is 739. The molecule has 2 aromatic rings. The summed E-state index contributed by atoms with van der Waals surface area (Å²) >= 11 is 5.73. The zero-order valence-electron chi connectivity index (χ0n) is 11.7. The fourth-order valence-corrected chi connectivity index (χ4v) is 2.13. The number of anilines is 1. The van der Waals surface area contributed by atoms with E-state index in [1.165, 1.54) is 16.8 Å². The first-order valence-electron chi connectivity index (χ1n) is 6.06. The van der Waals surface area contributed by atoms with E-state index >= 15 is 0 Å². The first-order chi connectivity index (χ1) is 9.81. The summed E-state index contributed by atoms with van der Waals surface area (Å²) < 4.78 is 1.52. The van der Waals surface area contributed by atoms with E-state index in [1.807, 2.05) is 13.8 Å². The molecule has 2 rings (SSSR count). The number of amides is 1. The minimum atomic E-state index is -0.637. The van der Waals surface area contributed by atoms with E-state index in [0.717, 1.165) is 17.3 Å². The normalized spacial score (nSPS) is 10.5. The summed E-state index contributed by atoms with van der Waals surface area (Å²) in [6.45, 7) is 3.63. The van der Waals surface area contributed by atoms with Gasteiger partial charge in [-0.05, 0) is 26.0 Å². The number of hydrogen-bond donors (Lipinski definition) is 1. The number of carbonyl (C=O) groups excluding carboxylic acids is 1. The van der Waals surface area contributed by atoms with Crippen molar-refractivity contribution in [3.05, 3.63) is 50.2 Å². The van der Waals surface area contributed by atoms with Crippen LogP contribution in [0.15, 0.2) is 18.2 Å². The molecule has 0 fully saturated rings. The number of benzene rings is 1. The molecule has 110 valence electrons. The third kappa shape index (κ3) is 2.87. The summed E-state index contributed by atoms with van der Waals surface area (Å²) in [5.74, 6) is -0.0776. The molecule has 7 nitrogen and oxygen atoms in total. The van der Waals surface area contributed by atoms with Gasteiger partial charge in [-0.25, -0.2) is 0 Å². The highest BCUT2D eigenvalue weighted by atomic mass is 35.5. The lowest BCUT2D eigenvalue weighted by molar-refractivity contribution is -0.385. The Morgan fingerprint density at radius 1 is 1.43 bits per heavy atom. The third-order valence-electron chi connectivity index (χ3n) is 3.15. The average Bonchev–Trinajstić information content (AvgIpc) is 2.65. The summed E-state index contributed by atoms with van der Waals surface area (Å²) in [5.41, 5.74) is 1.19. The van der Waals surface area contributed by atoms with Gasteiger partial charge in [-0.1, -0.05) is 11.6 Å². The van der Waals surface area contributed by atoms with E-state index < -0.39 is 10.8 Å². The number of aryl methyl sites for hydroxylation is 2. The van der Waals surface area contributed by atoms with Crippen molar-refractivity contribution in [2.24, 2.45) is 7.05 Å². The quantitative estimate of drug-likeness (QED) is 0.697. The Balaban J connectivity index is 2.39. The molecule has 0 spiro atoms. The predicted molar refractivity (Wildman–Crippen MR) is 78.7 cm³/mol. The van der Waals surface area contributed by atoms with Crippen molar-refractivity contribution in [3.63, 3.8) is 0 Å². The summed E-state index contributed by atoms with van der Waals surface area (Å²) in [6, 6.07) is 3.91. The SMILES string of the molecule is Cc1nn(C)c(NC(=O)c2ccc(Cl)cc2[N+](=O)[O-])c1C. The zero-order chi connectivity index (χ0) is 15.7. The summed E-state index contributed by atoms with van der Waals surface area (Å²) in [4.78, 5) is 22.6. The monoisotopic (exact) mass is 308 g/mol. The molecule has 1 amide bonds. The molecule has 1 aromatic carbocycles. The molecule has 1 aromatic heterocycles. The Labute approximate surface area is 125 Å². The number of aromatic nitrogens is 2. The van der Waals surface area contributed by atoms with Crippen LogP contribution in [0.3, 0.4) is 0 Å². The smallest absolute Gasteiger partial charge is 0.283 e. The molecule has 21 heavy (non-hydrogen) atoms. The molecule has 0 saturated heterocycles. The number of hydrogen-bond acceptors (Lipinski definition) is 4. The highest BCUT2D eigenvalue weighted by Crippen LogP contribution is 2.25. The fraction of sp³-hybridized carbons (Fsp3) is 0.231. The van der Waals surface area contributed by atoms with Crippen LogP contribution >= 0.6 is 11.6 Å². The maximum atomic E-state index is 12.3. The van der Waals surface area contributed by atoms with Crippen LogP contribution in [0, 0.1) is 24.0 Å². The van der Waals surface area contributed by atoms with E-state index in [4.69, 9.17) is 11.6 Å². The number of halogens is 1. The maximum absolute atomic E-state index is 12.3. The zero-order valence-corrected chi connectivity index (χ0v) is 12.4. The van der Waals surface area contributed by atoms with Crippen LogP contribution in [0.2, 0.25) is 5.02 Å².